The van der Waals surface area contributed by atoms with Crippen molar-refractivity contribution < 1.29 is 27.5 Å². The van der Waals surface area contributed by atoms with Crippen LogP contribution in [0.25, 0.3) is 10.2 Å². The molecule has 182 valence electrons. The SMILES string of the molecule is CNC(=O)c1csc2c(C(F)(F)F)cc(N3CCC(OC(=O)N4C[C@H](CC#N)[C@@H]4C)CC3)nc12. The zero-order chi connectivity index (χ0) is 24.6. The number of pyridine rings is 1. The highest BCUT2D eigenvalue weighted by molar-refractivity contribution is 7.17. The van der Waals surface area contributed by atoms with Gasteiger partial charge in [-0.05, 0) is 13.0 Å². The topological polar surface area (TPSA) is 98.6 Å². The second kappa shape index (κ2) is 9.29. The Hall–Kier alpha value is -3.07. The summed E-state index contributed by atoms with van der Waals surface area (Å²) in [7, 11) is 1.41. The quantitative estimate of drug-likeness (QED) is 0.688. The third kappa shape index (κ3) is 4.49. The van der Waals surface area contributed by atoms with E-state index in [-0.39, 0.29) is 39.7 Å². The second-order valence-electron chi connectivity index (χ2n) is 8.52. The number of fused-ring (bicyclic) bond motifs is 1. The van der Waals surface area contributed by atoms with E-state index in [0.717, 1.165) is 17.4 Å². The van der Waals surface area contributed by atoms with Crippen LogP contribution in [0, 0.1) is 17.2 Å². The molecule has 0 saturated carbocycles. The van der Waals surface area contributed by atoms with E-state index >= 15 is 0 Å². The van der Waals surface area contributed by atoms with Crippen LogP contribution in [0.15, 0.2) is 11.4 Å². The van der Waals surface area contributed by atoms with Gasteiger partial charge in [-0.1, -0.05) is 0 Å². The molecule has 2 aromatic rings. The average molecular weight is 496 g/mol. The van der Waals surface area contributed by atoms with Crippen LogP contribution in [-0.2, 0) is 10.9 Å². The predicted octanol–water partition coefficient (Wildman–Crippen LogP) is 4.01. The molecule has 2 aliphatic heterocycles. The Balaban J connectivity index is 1.46. The van der Waals surface area contributed by atoms with Crippen LogP contribution >= 0.6 is 11.3 Å². The van der Waals surface area contributed by atoms with Gasteiger partial charge < -0.3 is 19.9 Å². The summed E-state index contributed by atoms with van der Waals surface area (Å²) in [4.78, 5) is 32.3. The van der Waals surface area contributed by atoms with E-state index in [4.69, 9.17) is 10.00 Å². The highest BCUT2D eigenvalue weighted by atomic mass is 32.1. The number of rotatable bonds is 4. The van der Waals surface area contributed by atoms with Crippen molar-refractivity contribution >= 4 is 39.4 Å². The van der Waals surface area contributed by atoms with Crippen molar-refractivity contribution in [2.45, 2.75) is 44.5 Å². The smallest absolute Gasteiger partial charge is 0.417 e. The molecule has 0 aliphatic carbocycles. The lowest BCUT2D eigenvalue weighted by atomic mass is 9.88. The highest BCUT2D eigenvalue weighted by Crippen LogP contribution is 2.40. The first-order valence-corrected chi connectivity index (χ1v) is 11.8. The standard InChI is InChI=1S/C22H24F3N5O3S/c1-12-13(3-6-26)10-30(12)21(32)33-14-4-7-29(8-5-14)17-9-16(22(23,24)25)19-18(28-17)15(11-34-19)20(31)27-2/h9,11-14H,3-5,7-8,10H2,1-2H3,(H,27,31)/t12-,13-/m0/s1. The molecule has 0 spiro atoms. The summed E-state index contributed by atoms with van der Waals surface area (Å²) < 4.78 is 46.8. The molecule has 0 radical (unpaired) electrons. The number of hydrogen-bond donors (Lipinski definition) is 1. The minimum Gasteiger partial charge on any atom is -0.446 e. The number of ether oxygens (including phenoxy) is 1. The van der Waals surface area contributed by atoms with E-state index in [1.165, 1.54) is 12.4 Å². The highest BCUT2D eigenvalue weighted by Gasteiger charge is 2.40. The van der Waals surface area contributed by atoms with Crippen molar-refractivity contribution in [3.63, 3.8) is 0 Å². The minimum absolute atomic E-state index is 0.0291. The summed E-state index contributed by atoms with van der Waals surface area (Å²) in [6.07, 6.45) is -4.07. The van der Waals surface area contributed by atoms with Crippen molar-refractivity contribution in [1.82, 2.24) is 15.2 Å². The average Bonchev–Trinajstić information content (AvgIpc) is 3.23. The van der Waals surface area contributed by atoms with E-state index < -0.39 is 23.7 Å². The molecule has 4 rings (SSSR count). The van der Waals surface area contributed by atoms with Gasteiger partial charge in [-0.2, -0.15) is 18.4 Å². The van der Waals surface area contributed by atoms with E-state index in [1.54, 1.807) is 9.80 Å². The number of likely N-dealkylation sites (tertiary alicyclic amines) is 1. The molecule has 0 unspecified atom stereocenters. The molecule has 1 N–H and O–H groups in total. The van der Waals surface area contributed by atoms with Crippen LogP contribution in [0.4, 0.5) is 23.8 Å². The summed E-state index contributed by atoms with van der Waals surface area (Å²) in [6, 6.07) is 3.09. The number of thiophene rings is 1. The maximum atomic E-state index is 13.8. The first-order valence-electron chi connectivity index (χ1n) is 10.9. The van der Waals surface area contributed by atoms with Gasteiger partial charge in [-0.3, -0.25) is 4.79 Å². The number of amides is 2. The van der Waals surface area contributed by atoms with Crippen LogP contribution in [0.1, 0.15) is 42.1 Å². The number of nitriles is 1. The fraction of sp³-hybridized carbons (Fsp3) is 0.545. The normalized spacial score (nSPS) is 21.2. The maximum Gasteiger partial charge on any atom is 0.417 e. The molecule has 4 heterocycles. The van der Waals surface area contributed by atoms with Gasteiger partial charge in [0.25, 0.3) is 5.91 Å². The predicted molar refractivity (Wildman–Crippen MR) is 120 cm³/mol. The van der Waals surface area contributed by atoms with Gasteiger partial charge in [-0.15, -0.1) is 11.3 Å². The van der Waals surface area contributed by atoms with Crippen molar-refractivity contribution in [3.8, 4) is 6.07 Å². The van der Waals surface area contributed by atoms with Gasteiger partial charge in [0.2, 0.25) is 0 Å². The molecule has 12 heteroatoms. The fourth-order valence-electron chi connectivity index (χ4n) is 4.36. The number of carbonyl (C=O) groups is 2. The van der Waals surface area contributed by atoms with Gasteiger partial charge in [0, 0.05) is 63.3 Å². The molecule has 2 saturated heterocycles. The van der Waals surface area contributed by atoms with Gasteiger partial charge in [0.05, 0.1) is 27.4 Å². The summed E-state index contributed by atoms with van der Waals surface area (Å²) in [5, 5.41) is 12.6. The lowest BCUT2D eigenvalue weighted by Crippen LogP contribution is -2.57. The zero-order valence-corrected chi connectivity index (χ0v) is 19.5. The van der Waals surface area contributed by atoms with Gasteiger partial charge >= 0.3 is 12.3 Å². The minimum atomic E-state index is -4.59. The summed E-state index contributed by atoms with van der Waals surface area (Å²) in [5.74, 6) is -0.198. The van der Waals surface area contributed by atoms with Gasteiger partial charge in [-0.25, -0.2) is 9.78 Å². The molecular weight excluding hydrogens is 471 g/mol. The Bertz CT molecular complexity index is 1140. The van der Waals surface area contributed by atoms with E-state index in [9.17, 15) is 22.8 Å². The van der Waals surface area contributed by atoms with E-state index in [0.29, 0.717) is 38.9 Å². The Morgan fingerprint density at radius 1 is 1.35 bits per heavy atom. The lowest BCUT2D eigenvalue weighted by Gasteiger charge is -2.45. The van der Waals surface area contributed by atoms with Crippen molar-refractivity contribution in [2.24, 2.45) is 5.92 Å². The fourth-order valence-corrected chi connectivity index (χ4v) is 5.38. The number of nitrogens with one attached hydrogen (secondary N) is 1. The number of anilines is 1. The number of alkyl halides is 3. The molecule has 2 aromatic heterocycles. The second-order valence-corrected chi connectivity index (χ2v) is 9.40. The number of piperidine rings is 1. The first kappa shape index (κ1) is 24.1. The van der Waals surface area contributed by atoms with Gasteiger partial charge in [0.1, 0.15) is 11.9 Å². The van der Waals surface area contributed by atoms with Crippen LogP contribution in [0.3, 0.4) is 0 Å². The number of hydrogen-bond acceptors (Lipinski definition) is 7. The van der Waals surface area contributed by atoms with Crippen molar-refractivity contribution in [2.75, 3.05) is 31.6 Å². The lowest BCUT2D eigenvalue weighted by molar-refractivity contribution is -0.136. The molecular formula is C22H24F3N5O3S. The summed E-state index contributed by atoms with van der Waals surface area (Å²) in [6.45, 7) is 3.09. The number of nitrogens with zero attached hydrogens (tertiary/aromatic N) is 4. The third-order valence-electron chi connectivity index (χ3n) is 6.51. The van der Waals surface area contributed by atoms with Crippen LogP contribution < -0.4 is 10.2 Å². The largest absolute Gasteiger partial charge is 0.446 e. The van der Waals surface area contributed by atoms with Crippen molar-refractivity contribution in [3.05, 3.63) is 22.6 Å². The summed E-state index contributed by atoms with van der Waals surface area (Å²) >= 11 is 0.845. The molecule has 2 amide bonds. The molecule has 2 aliphatic rings. The number of aromatic nitrogens is 1. The maximum absolute atomic E-state index is 13.8. The van der Waals surface area contributed by atoms with Crippen LogP contribution in [-0.4, -0.2) is 60.7 Å². The first-order chi connectivity index (χ1) is 16.1. The van der Waals surface area contributed by atoms with Crippen molar-refractivity contribution in [1.29, 1.82) is 5.26 Å². The van der Waals surface area contributed by atoms with Crippen LogP contribution in [0.5, 0.6) is 0 Å². The monoisotopic (exact) mass is 495 g/mol. The Morgan fingerprint density at radius 3 is 2.65 bits per heavy atom. The molecule has 34 heavy (non-hydrogen) atoms. The molecule has 2 fully saturated rings. The van der Waals surface area contributed by atoms with E-state index in [2.05, 4.69) is 16.4 Å². The Labute approximate surface area is 198 Å². The number of carbonyl (C=O) groups excluding carboxylic acids is 2. The van der Waals surface area contributed by atoms with E-state index in [1.807, 2.05) is 6.92 Å². The summed E-state index contributed by atoms with van der Waals surface area (Å²) in [5.41, 5.74) is -0.682. The Morgan fingerprint density at radius 2 is 2.06 bits per heavy atom. The molecule has 0 aromatic carbocycles. The van der Waals surface area contributed by atoms with Crippen LogP contribution in [0.2, 0.25) is 0 Å². The Kier molecular flexibility index (Phi) is 6.58. The zero-order valence-electron chi connectivity index (χ0n) is 18.7. The molecule has 2 atom stereocenters. The number of halogens is 3. The van der Waals surface area contributed by atoms with Gasteiger partial charge in [0.15, 0.2) is 0 Å². The molecule has 8 nitrogen and oxygen atoms in total. The third-order valence-corrected chi connectivity index (χ3v) is 7.52. The molecule has 0 bridgehead atoms.